The highest BCUT2D eigenvalue weighted by atomic mass is 32.2. The molecule has 0 saturated carbocycles. The number of hydrogen-bond donors (Lipinski definition) is 2. The van der Waals surface area contributed by atoms with Crippen molar-refractivity contribution in [3.63, 3.8) is 0 Å². The molecule has 5 nitrogen and oxygen atoms in total. The Balaban J connectivity index is 2.09. The van der Waals surface area contributed by atoms with E-state index in [9.17, 15) is 8.42 Å². The summed E-state index contributed by atoms with van der Waals surface area (Å²) in [6.45, 7) is 0.292. The normalized spacial score (nSPS) is 11.8. The summed E-state index contributed by atoms with van der Waals surface area (Å²) < 4.78 is 27.8. The van der Waals surface area contributed by atoms with E-state index in [1.807, 2.05) is 6.07 Å². The van der Waals surface area contributed by atoms with Gasteiger partial charge >= 0.3 is 0 Å². The summed E-state index contributed by atoms with van der Waals surface area (Å²) in [5, 5.41) is 0. The average Bonchev–Trinajstić information content (AvgIpc) is 2.85. The lowest BCUT2D eigenvalue weighted by atomic mass is 10.4. The molecule has 0 spiro atoms. The van der Waals surface area contributed by atoms with Crippen LogP contribution in [0.1, 0.15) is 5.56 Å². The molecule has 0 aliphatic heterocycles. The van der Waals surface area contributed by atoms with Crippen LogP contribution in [0.25, 0.3) is 0 Å². The number of nitrogens with zero attached hydrogens (tertiary/aromatic N) is 1. The number of nitrogens with one attached hydrogen (secondary N) is 2. The van der Waals surface area contributed by atoms with Crippen LogP contribution >= 0.6 is 0 Å². The maximum atomic E-state index is 11.8. The van der Waals surface area contributed by atoms with Crippen LogP contribution in [-0.4, -0.2) is 18.0 Å². The SMILES string of the molecule is Cn1ccc(S(=O)(=O)NCc2cc[nH]c2)c1. The number of hydrogen-bond acceptors (Lipinski definition) is 2. The van der Waals surface area contributed by atoms with Gasteiger partial charge < -0.3 is 9.55 Å². The van der Waals surface area contributed by atoms with Gasteiger partial charge in [0, 0.05) is 38.4 Å². The fourth-order valence-electron chi connectivity index (χ4n) is 1.37. The highest BCUT2D eigenvalue weighted by Gasteiger charge is 2.14. The maximum absolute atomic E-state index is 11.8. The highest BCUT2D eigenvalue weighted by molar-refractivity contribution is 7.89. The molecule has 2 aromatic heterocycles. The molecular formula is C10H13N3O2S. The Bertz CT molecular complexity index is 555. The van der Waals surface area contributed by atoms with Crippen molar-refractivity contribution in [3.8, 4) is 0 Å². The Hall–Kier alpha value is -1.53. The Labute approximate surface area is 94.2 Å². The molecule has 86 valence electrons. The van der Waals surface area contributed by atoms with Crippen LogP contribution in [0.2, 0.25) is 0 Å². The third-order valence-electron chi connectivity index (χ3n) is 2.24. The summed E-state index contributed by atoms with van der Waals surface area (Å²) in [5.41, 5.74) is 0.902. The van der Waals surface area contributed by atoms with Gasteiger partial charge in [-0.15, -0.1) is 0 Å². The van der Waals surface area contributed by atoms with E-state index in [0.29, 0.717) is 6.54 Å². The molecule has 2 rings (SSSR count). The summed E-state index contributed by atoms with van der Waals surface area (Å²) in [6.07, 6.45) is 6.78. The molecule has 2 N–H and O–H groups in total. The minimum atomic E-state index is -3.40. The lowest BCUT2D eigenvalue weighted by Gasteiger charge is -2.02. The minimum Gasteiger partial charge on any atom is -0.367 e. The van der Waals surface area contributed by atoms with Crippen molar-refractivity contribution in [1.29, 1.82) is 0 Å². The lowest BCUT2D eigenvalue weighted by Crippen LogP contribution is -2.22. The Morgan fingerprint density at radius 1 is 1.44 bits per heavy atom. The van der Waals surface area contributed by atoms with E-state index in [4.69, 9.17) is 0 Å². The smallest absolute Gasteiger partial charge is 0.242 e. The summed E-state index contributed by atoms with van der Waals surface area (Å²) in [7, 11) is -1.62. The highest BCUT2D eigenvalue weighted by Crippen LogP contribution is 2.09. The van der Waals surface area contributed by atoms with Gasteiger partial charge in [0.2, 0.25) is 10.0 Å². The number of aromatic amines is 1. The molecule has 0 amide bonds. The van der Waals surface area contributed by atoms with E-state index in [1.54, 1.807) is 42.5 Å². The fourth-order valence-corrected chi connectivity index (χ4v) is 2.44. The topological polar surface area (TPSA) is 66.9 Å². The van der Waals surface area contributed by atoms with Gasteiger partial charge in [0.05, 0.1) is 4.90 Å². The molecule has 0 saturated heterocycles. The molecule has 6 heteroatoms. The van der Waals surface area contributed by atoms with Gasteiger partial charge in [-0.25, -0.2) is 13.1 Å². The van der Waals surface area contributed by atoms with E-state index in [0.717, 1.165) is 5.56 Å². The maximum Gasteiger partial charge on any atom is 0.242 e. The van der Waals surface area contributed by atoms with Crippen molar-refractivity contribution >= 4 is 10.0 Å². The van der Waals surface area contributed by atoms with Gasteiger partial charge in [0.1, 0.15) is 0 Å². The Morgan fingerprint density at radius 3 is 2.81 bits per heavy atom. The van der Waals surface area contributed by atoms with E-state index < -0.39 is 10.0 Å². The summed E-state index contributed by atoms with van der Waals surface area (Å²) in [6, 6.07) is 3.40. The van der Waals surface area contributed by atoms with Crippen LogP contribution in [0, 0.1) is 0 Å². The monoisotopic (exact) mass is 239 g/mol. The van der Waals surface area contributed by atoms with Crippen molar-refractivity contribution in [2.45, 2.75) is 11.4 Å². The van der Waals surface area contributed by atoms with Crippen LogP contribution < -0.4 is 4.72 Å². The van der Waals surface area contributed by atoms with Crippen molar-refractivity contribution < 1.29 is 8.42 Å². The van der Waals surface area contributed by atoms with E-state index in [1.165, 1.54) is 0 Å². The van der Waals surface area contributed by atoms with Crippen molar-refractivity contribution in [2.75, 3.05) is 0 Å². The molecule has 16 heavy (non-hydrogen) atoms. The van der Waals surface area contributed by atoms with Gasteiger partial charge in [-0.2, -0.15) is 0 Å². The van der Waals surface area contributed by atoms with Gasteiger partial charge in [0.25, 0.3) is 0 Å². The van der Waals surface area contributed by atoms with E-state index in [-0.39, 0.29) is 4.90 Å². The molecular weight excluding hydrogens is 226 g/mol. The first kappa shape index (κ1) is 11.0. The molecule has 0 aromatic carbocycles. The summed E-state index contributed by atoms with van der Waals surface area (Å²) in [5.74, 6) is 0. The molecule has 0 fully saturated rings. The van der Waals surface area contributed by atoms with Crippen molar-refractivity contribution in [2.24, 2.45) is 7.05 Å². The molecule has 0 atom stereocenters. The van der Waals surface area contributed by atoms with Crippen molar-refractivity contribution in [1.82, 2.24) is 14.3 Å². The van der Waals surface area contributed by atoms with Crippen LogP contribution in [-0.2, 0) is 23.6 Å². The average molecular weight is 239 g/mol. The number of sulfonamides is 1. The second-order valence-corrected chi connectivity index (χ2v) is 5.32. The Morgan fingerprint density at radius 2 is 2.25 bits per heavy atom. The first-order valence-electron chi connectivity index (χ1n) is 4.81. The summed E-state index contributed by atoms with van der Waals surface area (Å²) >= 11 is 0. The number of H-pyrrole nitrogens is 1. The number of aromatic nitrogens is 2. The molecule has 2 heterocycles. The second kappa shape index (κ2) is 4.15. The van der Waals surface area contributed by atoms with Gasteiger partial charge in [-0.1, -0.05) is 0 Å². The first-order chi connectivity index (χ1) is 7.58. The largest absolute Gasteiger partial charge is 0.367 e. The fraction of sp³-hybridized carbons (Fsp3) is 0.200. The predicted octanol–water partition coefficient (Wildman–Crippen LogP) is 0.832. The zero-order chi connectivity index (χ0) is 11.6. The zero-order valence-electron chi connectivity index (χ0n) is 8.84. The summed E-state index contributed by atoms with van der Waals surface area (Å²) in [4.78, 5) is 3.15. The third kappa shape index (κ3) is 2.34. The molecule has 0 aliphatic carbocycles. The van der Waals surface area contributed by atoms with Gasteiger partial charge in [0.15, 0.2) is 0 Å². The zero-order valence-corrected chi connectivity index (χ0v) is 9.66. The number of aryl methyl sites for hydroxylation is 1. The molecule has 0 radical (unpaired) electrons. The van der Waals surface area contributed by atoms with Crippen LogP contribution in [0.15, 0.2) is 41.8 Å². The van der Waals surface area contributed by atoms with Crippen molar-refractivity contribution in [3.05, 3.63) is 42.5 Å². The van der Waals surface area contributed by atoms with Crippen LogP contribution in [0.3, 0.4) is 0 Å². The van der Waals surface area contributed by atoms with Gasteiger partial charge in [-0.3, -0.25) is 0 Å². The lowest BCUT2D eigenvalue weighted by molar-refractivity contribution is 0.581. The van der Waals surface area contributed by atoms with Crippen LogP contribution in [0.4, 0.5) is 0 Å². The van der Waals surface area contributed by atoms with E-state index >= 15 is 0 Å². The Kier molecular flexibility index (Phi) is 2.84. The van der Waals surface area contributed by atoms with Gasteiger partial charge in [-0.05, 0) is 17.7 Å². The molecule has 0 unspecified atom stereocenters. The molecule has 0 bridgehead atoms. The quantitative estimate of drug-likeness (QED) is 0.830. The number of rotatable bonds is 4. The predicted molar refractivity (Wildman–Crippen MR) is 60.2 cm³/mol. The molecule has 2 aromatic rings. The molecule has 0 aliphatic rings. The third-order valence-corrected chi connectivity index (χ3v) is 3.63. The van der Waals surface area contributed by atoms with Crippen LogP contribution in [0.5, 0.6) is 0 Å². The first-order valence-corrected chi connectivity index (χ1v) is 6.29. The second-order valence-electron chi connectivity index (χ2n) is 3.56. The van der Waals surface area contributed by atoms with E-state index in [2.05, 4.69) is 9.71 Å². The standard InChI is InChI=1S/C10H13N3O2S/c1-13-5-3-10(8-13)16(14,15)12-7-9-2-4-11-6-9/h2-6,8,11-12H,7H2,1H3. The minimum absolute atomic E-state index is 0.283.